The molecule has 1 saturated heterocycles. The number of piperazine rings is 1. The topological polar surface area (TPSA) is 79.8 Å². The van der Waals surface area contributed by atoms with Crippen molar-refractivity contribution < 1.29 is 14.3 Å². The summed E-state index contributed by atoms with van der Waals surface area (Å²) in [6.45, 7) is 2.56. The maximum Gasteiger partial charge on any atom is 0.321 e. The fourth-order valence-corrected chi connectivity index (χ4v) is 3.48. The van der Waals surface area contributed by atoms with Crippen molar-refractivity contribution in [2.45, 2.75) is 0 Å². The smallest absolute Gasteiger partial charge is 0.321 e. The van der Waals surface area contributed by atoms with E-state index in [0.29, 0.717) is 43.4 Å². The van der Waals surface area contributed by atoms with Crippen molar-refractivity contribution in [2.24, 2.45) is 0 Å². The number of nitrogens with zero attached hydrogens (tertiary/aromatic N) is 4. The van der Waals surface area contributed by atoms with Gasteiger partial charge >= 0.3 is 6.03 Å². The second kappa shape index (κ2) is 9.34. The maximum absolute atomic E-state index is 12.7. The van der Waals surface area contributed by atoms with Gasteiger partial charge in [-0.3, -0.25) is 0 Å². The van der Waals surface area contributed by atoms with Crippen LogP contribution in [0.1, 0.15) is 0 Å². The molecule has 1 aliphatic heterocycles. The second-order valence-electron chi connectivity index (χ2n) is 7.15. The van der Waals surface area contributed by atoms with Gasteiger partial charge in [0.2, 0.25) is 0 Å². The molecule has 160 valence electrons. The van der Waals surface area contributed by atoms with Gasteiger partial charge in [-0.1, -0.05) is 30.3 Å². The van der Waals surface area contributed by atoms with Gasteiger partial charge in [0.15, 0.2) is 5.82 Å². The number of ether oxygens (including phenoxy) is 2. The van der Waals surface area contributed by atoms with Crippen LogP contribution in [0.15, 0.2) is 60.7 Å². The standard InChI is InChI=1S/C23H25N5O3/c1-30-19-14-18(15-20(16-19)31-2)24-23(29)28-12-10-27(11-13-28)22-9-8-21(25-26-22)17-6-4-3-5-7-17/h3-9,14-16H,10-13H2,1-2H3,(H,24,29). The molecule has 2 aromatic carbocycles. The quantitative estimate of drug-likeness (QED) is 0.682. The third kappa shape index (κ3) is 4.85. The summed E-state index contributed by atoms with van der Waals surface area (Å²) >= 11 is 0. The van der Waals surface area contributed by atoms with Crippen LogP contribution in [0.4, 0.5) is 16.3 Å². The summed E-state index contributed by atoms with van der Waals surface area (Å²) in [5, 5.41) is 11.7. The summed E-state index contributed by atoms with van der Waals surface area (Å²) in [5.74, 6) is 2.06. The lowest BCUT2D eigenvalue weighted by atomic mass is 10.1. The SMILES string of the molecule is COc1cc(NC(=O)N2CCN(c3ccc(-c4ccccc4)nn3)CC2)cc(OC)c1. The number of carbonyl (C=O) groups excluding carboxylic acids is 1. The monoisotopic (exact) mass is 419 g/mol. The predicted molar refractivity (Wildman–Crippen MR) is 120 cm³/mol. The van der Waals surface area contributed by atoms with Crippen molar-refractivity contribution >= 4 is 17.5 Å². The molecule has 0 radical (unpaired) electrons. The van der Waals surface area contributed by atoms with Crippen molar-refractivity contribution in [3.63, 3.8) is 0 Å². The van der Waals surface area contributed by atoms with E-state index in [0.717, 1.165) is 17.1 Å². The van der Waals surface area contributed by atoms with E-state index in [4.69, 9.17) is 9.47 Å². The minimum absolute atomic E-state index is 0.152. The molecule has 0 unspecified atom stereocenters. The summed E-state index contributed by atoms with van der Waals surface area (Å²) in [4.78, 5) is 16.6. The number of urea groups is 1. The lowest BCUT2D eigenvalue weighted by Gasteiger charge is -2.35. The predicted octanol–water partition coefficient (Wildman–Crippen LogP) is 3.51. The summed E-state index contributed by atoms with van der Waals surface area (Å²) < 4.78 is 10.5. The highest BCUT2D eigenvalue weighted by Crippen LogP contribution is 2.26. The largest absolute Gasteiger partial charge is 0.497 e. The van der Waals surface area contributed by atoms with Gasteiger partial charge in [0.1, 0.15) is 11.5 Å². The molecular formula is C23H25N5O3. The molecule has 4 rings (SSSR count). The van der Waals surface area contributed by atoms with E-state index in [-0.39, 0.29) is 6.03 Å². The molecule has 8 heteroatoms. The van der Waals surface area contributed by atoms with Crippen molar-refractivity contribution in [2.75, 3.05) is 50.6 Å². The molecular weight excluding hydrogens is 394 g/mol. The molecule has 2 amide bonds. The lowest BCUT2D eigenvalue weighted by Crippen LogP contribution is -2.50. The molecule has 0 saturated carbocycles. The Balaban J connectivity index is 1.35. The van der Waals surface area contributed by atoms with E-state index >= 15 is 0 Å². The number of anilines is 2. The molecule has 1 aromatic heterocycles. The number of methoxy groups -OCH3 is 2. The van der Waals surface area contributed by atoms with Gasteiger partial charge < -0.3 is 24.6 Å². The summed E-state index contributed by atoms with van der Waals surface area (Å²) in [5.41, 5.74) is 2.51. The van der Waals surface area contributed by atoms with Crippen LogP contribution in [-0.4, -0.2) is 61.5 Å². The summed E-state index contributed by atoms with van der Waals surface area (Å²) in [6, 6.07) is 19.1. The van der Waals surface area contributed by atoms with E-state index < -0.39 is 0 Å². The normalized spacial score (nSPS) is 13.6. The zero-order valence-electron chi connectivity index (χ0n) is 17.6. The Morgan fingerprint density at radius 1 is 0.871 bits per heavy atom. The zero-order valence-corrected chi connectivity index (χ0v) is 17.6. The van der Waals surface area contributed by atoms with Crippen molar-refractivity contribution in [1.82, 2.24) is 15.1 Å². The minimum atomic E-state index is -0.152. The molecule has 3 aromatic rings. The third-order valence-corrected chi connectivity index (χ3v) is 5.21. The number of aromatic nitrogens is 2. The van der Waals surface area contributed by atoms with E-state index in [1.54, 1.807) is 37.3 Å². The van der Waals surface area contributed by atoms with E-state index in [1.807, 2.05) is 42.5 Å². The van der Waals surface area contributed by atoms with Gasteiger partial charge in [0, 0.05) is 55.6 Å². The molecule has 0 bridgehead atoms. The Morgan fingerprint density at radius 2 is 1.55 bits per heavy atom. The van der Waals surface area contributed by atoms with Gasteiger partial charge in [-0.15, -0.1) is 10.2 Å². The fraction of sp³-hybridized carbons (Fsp3) is 0.261. The Bertz CT molecular complexity index is 997. The highest BCUT2D eigenvalue weighted by Gasteiger charge is 2.22. The number of hydrogen-bond acceptors (Lipinski definition) is 6. The van der Waals surface area contributed by atoms with Gasteiger partial charge in [0.05, 0.1) is 19.9 Å². The molecule has 1 N–H and O–H groups in total. The highest BCUT2D eigenvalue weighted by molar-refractivity contribution is 5.90. The van der Waals surface area contributed by atoms with Gasteiger partial charge in [-0.25, -0.2) is 4.79 Å². The Labute approximate surface area is 181 Å². The first-order valence-corrected chi connectivity index (χ1v) is 10.1. The molecule has 0 aliphatic carbocycles. The van der Waals surface area contributed by atoms with Crippen LogP contribution < -0.4 is 19.7 Å². The fourth-order valence-electron chi connectivity index (χ4n) is 3.48. The summed E-state index contributed by atoms with van der Waals surface area (Å²) in [7, 11) is 3.16. The second-order valence-corrected chi connectivity index (χ2v) is 7.15. The highest BCUT2D eigenvalue weighted by atomic mass is 16.5. The first-order chi connectivity index (χ1) is 15.2. The van der Waals surface area contributed by atoms with Crippen LogP contribution >= 0.6 is 0 Å². The van der Waals surface area contributed by atoms with Crippen LogP contribution in [0.3, 0.4) is 0 Å². The van der Waals surface area contributed by atoms with Gasteiger partial charge in [-0.2, -0.15) is 0 Å². The third-order valence-electron chi connectivity index (χ3n) is 5.21. The Morgan fingerprint density at radius 3 is 2.13 bits per heavy atom. The molecule has 0 atom stereocenters. The Hall–Kier alpha value is -3.81. The van der Waals surface area contributed by atoms with Gasteiger partial charge in [-0.05, 0) is 12.1 Å². The molecule has 0 spiro atoms. The average Bonchev–Trinajstić information content (AvgIpc) is 2.84. The first-order valence-electron chi connectivity index (χ1n) is 10.1. The van der Waals surface area contributed by atoms with Crippen molar-refractivity contribution in [1.29, 1.82) is 0 Å². The van der Waals surface area contributed by atoms with E-state index in [1.165, 1.54) is 0 Å². The van der Waals surface area contributed by atoms with Crippen molar-refractivity contribution in [3.8, 4) is 22.8 Å². The van der Waals surface area contributed by atoms with Crippen LogP contribution in [-0.2, 0) is 0 Å². The van der Waals surface area contributed by atoms with Crippen LogP contribution in [0, 0.1) is 0 Å². The van der Waals surface area contributed by atoms with Crippen LogP contribution in [0.25, 0.3) is 11.3 Å². The lowest BCUT2D eigenvalue weighted by molar-refractivity contribution is 0.208. The number of hydrogen-bond donors (Lipinski definition) is 1. The number of rotatable bonds is 5. The molecule has 1 aliphatic rings. The first kappa shape index (κ1) is 20.5. The van der Waals surface area contributed by atoms with Crippen LogP contribution in [0.5, 0.6) is 11.5 Å². The van der Waals surface area contributed by atoms with Crippen molar-refractivity contribution in [3.05, 3.63) is 60.7 Å². The minimum Gasteiger partial charge on any atom is -0.497 e. The molecule has 8 nitrogen and oxygen atoms in total. The molecule has 2 heterocycles. The molecule has 1 fully saturated rings. The summed E-state index contributed by atoms with van der Waals surface area (Å²) in [6.07, 6.45) is 0. The average molecular weight is 419 g/mol. The maximum atomic E-state index is 12.7. The number of nitrogens with one attached hydrogen (secondary N) is 1. The Kier molecular flexibility index (Phi) is 6.16. The van der Waals surface area contributed by atoms with E-state index in [9.17, 15) is 4.79 Å². The number of amides is 2. The van der Waals surface area contributed by atoms with Gasteiger partial charge in [0.25, 0.3) is 0 Å². The molecule has 31 heavy (non-hydrogen) atoms. The van der Waals surface area contributed by atoms with E-state index in [2.05, 4.69) is 20.4 Å². The number of carbonyl (C=O) groups is 1. The number of benzene rings is 2. The zero-order chi connectivity index (χ0) is 21.6. The van der Waals surface area contributed by atoms with Crippen LogP contribution in [0.2, 0.25) is 0 Å².